The van der Waals surface area contributed by atoms with Crippen molar-refractivity contribution in [3.8, 4) is 0 Å². The van der Waals surface area contributed by atoms with Gasteiger partial charge in [-0.25, -0.2) is 8.42 Å². The van der Waals surface area contributed by atoms with Crippen molar-refractivity contribution in [2.45, 2.75) is 56.4 Å². The predicted molar refractivity (Wildman–Crippen MR) is 57.0 cm³/mol. The second-order valence-electron chi connectivity index (χ2n) is 4.75. The molecule has 3 atom stereocenters. The smallest absolute Gasteiger partial charge is 0.156 e. The monoisotopic (exact) mass is 217 g/mol. The van der Waals surface area contributed by atoms with E-state index in [1.54, 1.807) is 0 Å². The van der Waals surface area contributed by atoms with E-state index >= 15 is 0 Å². The summed E-state index contributed by atoms with van der Waals surface area (Å²) in [5.41, 5.74) is -0.0717. The number of nitrogens with one attached hydrogen (secondary N) is 1. The Kier molecular flexibility index (Phi) is 2.39. The van der Waals surface area contributed by atoms with E-state index < -0.39 is 9.84 Å². The van der Waals surface area contributed by atoms with E-state index in [1.165, 1.54) is 12.8 Å². The zero-order valence-electron chi connectivity index (χ0n) is 8.91. The van der Waals surface area contributed by atoms with Gasteiger partial charge in [-0.05, 0) is 32.6 Å². The van der Waals surface area contributed by atoms with E-state index in [9.17, 15) is 8.42 Å². The summed E-state index contributed by atoms with van der Waals surface area (Å²) in [6.45, 7) is 4.01. The van der Waals surface area contributed by atoms with Crippen molar-refractivity contribution in [3.05, 3.63) is 0 Å². The summed E-state index contributed by atoms with van der Waals surface area (Å²) in [7, 11) is -2.76. The summed E-state index contributed by atoms with van der Waals surface area (Å²) in [4.78, 5) is 0. The van der Waals surface area contributed by atoms with Gasteiger partial charge in [0, 0.05) is 11.6 Å². The topological polar surface area (TPSA) is 46.2 Å². The second-order valence-corrected chi connectivity index (χ2v) is 7.07. The first kappa shape index (κ1) is 10.4. The van der Waals surface area contributed by atoms with Gasteiger partial charge >= 0.3 is 0 Å². The summed E-state index contributed by atoms with van der Waals surface area (Å²) < 4.78 is 22.9. The average Bonchev–Trinajstić information content (AvgIpc) is 2.17. The third-order valence-corrected chi connectivity index (χ3v) is 6.38. The van der Waals surface area contributed by atoms with Gasteiger partial charge in [-0.2, -0.15) is 0 Å². The predicted octanol–water partition coefficient (Wildman–Crippen LogP) is 1.09. The fourth-order valence-corrected chi connectivity index (χ4v) is 4.91. The standard InChI is InChI=1S/C10H19NO2S/c1-3-9-5-4-6-10(11-9)7-14(12,13)8(10)2/h8-9,11H,3-7H2,1-2H3/t8-,9?,10?/m0/s1. The van der Waals surface area contributed by atoms with Crippen LogP contribution >= 0.6 is 0 Å². The second kappa shape index (κ2) is 3.20. The Bertz CT molecular complexity index is 325. The third kappa shape index (κ3) is 1.39. The maximum Gasteiger partial charge on any atom is 0.156 e. The minimum absolute atomic E-state index is 0.0717. The van der Waals surface area contributed by atoms with Crippen LogP contribution in [0.2, 0.25) is 0 Å². The van der Waals surface area contributed by atoms with Crippen LogP contribution in [0.1, 0.15) is 39.5 Å². The van der Waals surface area contributed by atoms with Crippen LogP contribution in [0.3, 0.4) is 0 Å². The lowest BCUT2D eigenvalue weighted by molar-refractivity contribution is 0.198. The SMILES string of the molecule is CCC1CCCC2(CS(=O)(=O)[C@H]2C)N1. The van der Waals surface area contributed by atoms with Crippen molar-refractivity contribution in [1.29, 1.82) is 0 Å². The van der Waals surface area contributed by atoms with E-state index in [-0.39, 0.29) is 10.8 Å². The first-order chi connectivity index (χ1) is 6.50. The fourth-order valence-electron chi connectivity index (χ4n) is 2.80. The minimum Gasteiger partial charge on any atom is -0.306 e. The summed E-state index contributed by atoms with van der Waals surface area (Å²) in [5, 5.41) is 3.37. The molecule has 82 valence electrons. The van der Waals surface area contributed by atoms with Gasteiger partial charge in [0.2, 0.25) is 0 Å². The maximum absolute atomic E-state index is 11.4. The molecule has 0 radical (unpaired) electrons. The van der Waals surface area contributed by atoms with E-state index in [1.807, 2.05) is 6.92 Å². The van der Waals surface area contributed by atoms with Gasteiger partial charge in [0.25, 0.3) is 0 Å². The Morgan fingerprint density at radius 3 is 2.71 bits per heavy atom. The third-order valence-electron chi connectivity index (χ3n) is 3.94. The molecule has 0 saturated carbocycles. The highest BCUT2D eigenvalue weighted by atomic mass is 32.2. The molecular weight excluding hydrogens is 198 g/mol. The molecule has 2 aliphatic rings. The molecule has 0 bridgehead atoms. The van der Waals surface area contributed by atoms with Gasteiger partial charge < -0.3 is 5.32 Å². The Balaban J connectivity index is 2.12. The molecule has 0 aromatic carbocycles. The molecule has 2 heterocycles. The highest BCUT2D eigenvalue weighted by Gasteiger charge is 2.56. The van der Waals surface area contributed by atoms with Crippen LogP contribution in [0.15, 0.2) is 0 Å². The molecule has 0 aliphatic carbocycles. The van der Waals surface area contributed by atoms with Crippen LogP contribution in [0.5, 0.6) is 0 Å². The van der Waals surface area contributed by atoms with E-state index in [4.69, 9.17) is 0 Å². The zero-order chi connectivity index (χ0) is 10.4. The molecule has 1 spiro atoms. The highest BCUT2D eigenvalue weighted by Crippen LogP contribution is 2.39. The van der Waals surface area contributed by atoms with Crippen LogP contribution in [0.4, 0.5) is 0 Å². The number of hydrogen-bond acceptors (Lipinski definition) is 3. The summed E-state index contributed by atoms with van der Waals surface area (Å²) >= 11 is 0. The first-order valence-electron chi connectivity index (χ1n) is 5.49. The minimum atomic E-state index is -2.76. The molecule has 0 aromatic heterocycles. The highest BCUT2D eigenvalue weighted by molar-refractivity contribution is 7.93. The number of piperidine rings is 1. The van der Waals surface area contributed by atoms with E-state index in [0.29, 0.717) is 11.8 Å². The largest absolute Gasteiger partial charge is 0.306 e. The molecule has 3 nitrogen and oxygen atoms in total. The Morgan fingerprint density at radius 2 is 2.21 bits per heavy atom. The molecule has 4 heteroatoms. The van der Waals surface area contributed by atoms with Crippen molar-refractivity contribution in [3.63, 3.8) is 0 Å². The van der Waals surface area contributed by atoms with E-state index in [2.05, 4.69) is 12.2 Å². The van der Waals surface area contributed by atoms with Crippen LogP contribution in [-0.2, 0) is 9.84 Å². The molecule has 14 heavy (non-hydrogen) atoms. The number of sulfone groups is 1. The van der Waals surface area contributed by atoms with Crippen LogP contribution < -0.4 is 5.32 Å². The maximum atomic E-state index is 11.4. The van der Waals surface area contributed by atoms with Gasteiger partial charge in [-0.3, -0.25) is 0 Å². The summed E-state index contributed by atoms with van der Waals surface area (Å²) in [6, 6.07) is 0.529. The van der Waals surface area contributed by atoms with Gasteiger partial charge in [-0.15, -0.1) is 0 Å². The molecule has 2 aliphatic heterocycles. The summed E-state index contributed by atoms with van der Waals surface area (Å²) in [5.74, 6) is 0.359. The Labute approximate surface area is 86.2 Å². The number of rotatable bonds is 1. The lowest BCUT2D eigenvalue weighted by Gasteiger charge is -2.52. The van der Waals surface area contributed by atoms with Gasteiger partial charge in [0.05, 0.1) is 11.0 Å². The Morgan fingerprint density at radius 1 is 1.50 bits per heavy atom. The van der Waals surface area contributed by atoms with Crippen molar-refractivity contribution in [2.75, 3.05) is 5.75 Å². The molecule has 2 unspecified atom stereocenters. The molecule has 2 saturated heterocycles. The molecule has 0 amide bonds. The van der Waals surface area contributed by atoms with Gasteiger partial charge in [0.15, 0.2) is 9.84 Å². The molecule has 2 fully saturated rings. The van der Waals surface area contributed by atoms with Crippen molar-refractivity contribution in [1.82, 2.24) is 5.32 Å². The van der Waals surface area contributed by atoms with E-state index in [0.717, 1.165) is 12.8 Å². The van der Waals surface area contributed by atoms with Gasteiger partial charge in [-0.1, -0.05) is 6.92 Å². The summed E-state index contributed by atoms with van der Waals surface area (Å²) in [6.07, 6.45) is 4.51. The zero-order valence-corrected chi connectivity index (χ0v) is 9.73. The lowest BCUT2D eigenvalue weighted by Crippen LogP contribution is -2.72. The lowest BCUT2D eigenvalue weighted by atomic mass is 9.83. The molecule has 2 rings (SSSR count). The molecular formula is C10H19NO2S. The quantitative estimate of drug-likeness (QED) is 0.715. The van der Waals surface area contributed by atoms with Gasteiger partial charge in [0.1, 0.15) is 0 Å². The van der Waals surface area contributed by atoms with Crippen LogP contribution in [0.25, 0.3) is 0 Å². The normalized spacial score (nSPS) is 46.1. The average molecular weight is 217 g/mol. The first-order valence-corrected chi connectivity index (χ1v) is 7.21. The van der Waals surface area contributed by atoms with Crippen LogP contribution in [-0.4, -0.2) is 31.0 Å². The molecule has 0 aromatic rings. The van der Waals surface area contributed by atoms with Crippen molar-refractivity contribution >= 4 is 9.84 Å². The Hall–Kier alpha value is -0.0900. The van der Waals surface area contributed by atoms with Crippen molar-refractivity contribution in [2.24, 2.45) is 0 Å². The number of hydrogen-bond donors (Lipinski definition) is 1. The van der Waals surface area contributed by atoms with Crippen molar-refractivity contribution < 1.29 is 8.42 Å². The molecule has 1 N–H and O–H groups in total. The fraction of sp³-hybridized carbons (Fsp3) is 1.00. The van der Waals surface area contributed by atoms with Crippen LogP contribution in [0, 0.1) is 0 Å².